The molecule has 1 unspecified atom stereocenters. The number of phenolic OH excluding ortho intramolecular Hbond substituents is 1. The van der Waals surface area contributed by atoms with Crippen molar-refractivity contribution in [3.05, 3.63) is 29.8 Å². The summed E-state index contributed by atoms with van der Waals surface area (Å²) in [6.07, 6.45) is 0. The maximum atomic E-state index is 12.9. The van der Waals surface area contributed by atoms with E-state index >= 15 is 0 Å². The third-order valence-corrected chi connectivity index (χ3v) is 7.45. The van der Waals surface area contributed by atoms with Crippen LogP contribution in [0.15, 0.2) is 24.3 Å². The van der Waals surface area contributed by atoms with Crippen LogP contribution >= 0.6 is 11.8 Å². The molecule has 0 aliphatic carbocycles. The lowest BCUT2D eigenvalue weighted by molar-refractivity contribution is -0.160. The molecule has 3 rings (SSSR count). The van der Waals surface area contributed by atoms with Gasteiger partial charge in [0.1, 0.15) is 22.2 Å². The highest BCUT2D eigenvalue weighted by atomic mass is 32.2. The van der Waals surface area contributed by atoms with Crippen LogP contribution in [0.25, 0.3) is 0 Å². The molecule has 6 nitrogen and oxygen atoms in total. The summed E-state index contributed by atoms with van der Waals surface area (Å²) in [4.78, 5) is 27.4. The molecule has 2 fully saturated rings. The first-order valence-electron chi connectivity index (χ1n) is 8.33. The van der Waals surface area contributed by atoms with Gasteiger partial charge in [0.2, 0.25) is 5.91 Å². The van der Waals surface area contributed by atoms with E-state index in [4.69, 9.17) is 5.73 Å². The Hall–Kier alpha value is -1.73. The lowest BCUT2D eigenvalue weighted by atomic mass is 9.84. The zero-order chi connectivity index (χ0) is 18.8. The topological polar surface area (TPSA) is 95.7 Å². The summed E-state index contributed by atoms with van der Waals surface area (Å²) < 4.78 is -0.0637. The average Bonchev–Trinajstić information content (AvgIpc) is 2.76. The summed E-state index contributed by atoms with van der Waals surface area (Å²) in [5.41, 5.74) is 4.57. The van der Waals surface area contributed by atoms with Gasteiger partial charge in [-0.2, -0.15) is 0 Å². The fourth-order valence-electron chi connectivity index (χ4n) is 3.39. The summed E-state index contributed by atoms with van der Waals surface area (Å²) in [5, 5.41) is 12.2. The van der Waals surface area contributed by atoms with Crippen LogP contribution in [-0.4, -0.2) is 43.5 Å². The van der Waals surface area contributed by atoms with Crippen molar-refractivity contribution in [2.45, 2.75) is 61.9 Å². The Kier molecular flexibility index (Phi) is 3.89. The SMILES string of the molecule is C[C@@H]1N2C(=O)[C@@](C)(NC(=O)[C@](C)(N)c3ccc(O)cc3)C2SC1(C)C. The number of hydrogen-bond donors (Lipinski definition) is 3. The van der Waals surface area contributed by atoms with Crippen LogP contribution in [0.2, 0.25) is 0 Å². The molecule has 0 bridgehead atoms. The minimum atomic E-state index is -1.30. The maximum absolute atomic E-state index is 12.9. The van der Waals surface area contributed by atoms with Crippen LogP contribution in [0, 0.1) is 0 Å². The molecule has 2 aliphatic heterocycles. The lowest BCUT2D eigenvalue weighted by Gasteiger charge is -2.52. The number of thioether (sulfide) groups is 1. The van der Waals surface area contributed by atoms with Gasteiger partial charge in [0.05, 0.1) is 0 Å². The molecule has 4 N–H and O–H groups in total. The number of nitrogens with two attached hydrogens (primary N) is 1. The average molecular weight is 363 g/mol. The van der Waals surface area contributed by atoms with Gasteiger partial charge in [0.15, 0.2) is 0 Å². The molecule has 1 aromatic rings. The van der Waals surface area contributed by atoms with Gasteiger partial charge in [-0.3, -0.25) is 9.59 Å². The Balaban J connectivity index is 1.81. The van der Waals surface area contributed by atoms with Crippen molar-refractivity contribution in [2.75, 3.05) is 0 Å². The molecule has 0 radical (unpaired) electrons. The van der Waals surface area contributed by atoms with Crippen molar-refractivity contribution in [2.24, 2.45) is 5.73 Å². The molecule has 4 atom stereocenters. The number of aromatic hydroxyl groups is 1. The van der Waals surface area contributed by atoms with Crippen molar-refractivity contribution in [3.8, 4) is 5.75 Å². The zero-order valence-corrected chi connectivity index (χ0v) is 16.0. The van der Waals surface area contributed by atoms with Gasteiger partial charge in [-0.05, 0) is 52.3 Å². The number of rotatable bonds is 3. The molecule has 2 aliphatic rings. The van der Waals surface area contributed by atoms with Crippen molar-refractivity contribution >= 4 is 23.6 Å². The van der Waals surface area contributed by atoms with E-state index in [1.807, 2.05) is 11.8 Å². The van der Waals surface area contributed by atoms with E-state index in [-0.39, 0.29) is 27.8 Å². The largest absolute Gasteiger partial charge is 0.508 e. The number of nitrogens with zero attached hydrogens (tertiary/aromatic N) is 1. The van der Waals surface area contributed by atoms with E-state index in [2.05, 4.69) is 19.2 Å². The number of β-lactam (4-membered cyclic amide) rings is 1. The molecule has 2 heterocycles. The zero-order valence-electron chi connectivity index (χ0n) is 15.2. The highest BCUT2D eigenvalue weighted by molar-refractivity contribution is 8.01. The second-order valence-corrected chi connectivity index (χ2v) is 9.60. The van der Waals surface area contributed by atoms with Gasteiger partial charge in [-0.15, -0.1) is 11.8 Å². The summed E-state index contributed by atoms with van der Waals surface area (Å²) in [5.74, 6) is -0.375. The van der Waals surface area contributed by atoms with Crippen LogP contribution < -0.4 is 11.1 Å². The van der Waals surface area contributed by atoms with E-state index < -0.39 is 17.0 Å². The molecule has 2 amide bonds. The van der Waals surface area contributed by atoms with Crippen molar-refractivity contribution < 1.29 is 14.7 Å². The van der Waals surface area contributed by atoms with Crippen LogP contribution in [0.4, 0.5) is 0 Å². The number of nitrogens with one attached hydrogen (secondary N) is 1. The fourth-order valence-corrected chi connectivity index (χ4v) is 5.06. The second kappa shape index (κ2) is 5.38. The lowest BCUT2D eigenvalue weighted by Crippen LogP contribution is -2.78. The predicted molar refractivity (Wildman–Crippen MR) is 98.0 cm³/mol. The minimum Gasteiger partial charge on any atom is -0.508 e. The Labute approximate surface area is 152 Å². The number of benzene rings is 1. The third kappa shape index (κ3) is 2.52. The smallest absolute Gasteiger partial charge is 0.252 e. The number of carbonyl (C=O) groups is 2. The first kappa shape index (κ1) is 18.1. The third-order valence-electron chi connectivity index (χ3n) is 5.58. The molecule has 7 heteroatoms. The van der Waals surface area contributed by atoms with Gasteiger partial charge in [-0.25, -0.2) is 0 Å². The molecule has 0 aromatic heterocycles. The number of amides is 2. The molecule has 2 saturated heterocycles. The highest BCUT2D eigenvalue weighted by Crippen LogP contribution is 2.54. The molecular formula is C18H25N3O3S. The van der Waals surface area contributed by atoms with Crippen LogP contribution in [0.3, 0.4) is 0 Å². The van der Waals surface area contributed by atoms with Gasteiger partial charge < -0.3 is 21.1 Å². The fraction of sp³-hybridized carbons (Fsp3) is 0.556. The van der Waals surface area contributed by atoms with Crippen molar-refractivity contribution in [1.29, 1.82) is 0 Å². The molecule has 0 spiro atoms. The first-order chi connectivity index (χ1) is 11.4. The standard InChI is InChI=1S/C18H25N3O3S/c1-10-16(2,3)25-15-18(5,14(24)21(10)15)20-13(23)17(4,19)11-6-8-12(22)9-7-11/h6-10,15,22H,19H2,1-5H3,(H,20,23)/t10-,15?,17+,18+/m0/s1. The molecule has 1 aromatic carbocycles. The normalized spacial score (nSPS) is 32.6. The van der Waals surface area contributed by atoms with E-state index in [0.29, 0.717) is 5.56 Å². The molecule has 25 heavy (non-hydrogen) atoms. The van der Waals surface area contributed by atoms with Gasteiger partial charge >= 0.3 is 0 Å². The second-order valence-electron chi connectivity index (χ2n) is 7.87. The quantitative estimate of drug-likeness (QED) is 0.708. The van der Waals surface area contributed by atoms with E-state index in [1.165, 1.54) is 12.1 Å². The maximum Gasteiger partial charge on any atom is 0.252 e. The number of carbonyl (C=O) groups excluding carboxylic acids is 2. The first-order valence-corrected chi connectivity index (χ1v) is 9.21. The summed E-state index contributed by atoms with van der Waals surface area (Å²) >= 11 is 1.70. The molecular weight excluding hydrogens is 338 g/mol. The summed E-state index contributed by atoms with van der Waals surface area (Å²) in [6, 6.07) is 6.32. The van der Waals surface area contributed by atoms with Crippen LogP contribution in [-0.2, 0) is 15.1 Å². The number of hydrogen-bond acceptors (Lipinski definition) is 5. The monoisotopic (exact) mass is 363 g/mol. The van der Waals surface area contributed by atoms with Gasteiger partial charge in [-0.1, -0.05) is 12.1 Å². The Bertz CT molecular complexity index is 732. The summed E-state index contributed by atoms with van der Waals surface area (Å²) in [6.45, 7) is 9.63. The number of fused-ring (bicyclic) bond motifs is 1. The Morgan fingerprint density at radius 1 is 1.32 bits per heavy atom. The van der Waals surface area contributed by atoms with Crippen molar-refractivity contribution in [3.63, 3.8) is 0 Å². The van der Waals surface area contributed by atoms with Gasteiger partial charge in [0, 0.05) is 10.8 Å². The Morgan fingerprint density at radius 2 is 1.88 bits per heavy atom. The Morgan fingerprint density at radius 3 is 2.44 bits per heavy atom. The number of phenols is 1. The highest BCUT2D eigenvalue weighted by Gasteiger charge is 2.67. The molecule has 0 saturated carbocycles. The van der Waals surface area contributed by atoms with Crippen LogP contribution in [0.1, 0.15) is 40.2 Å². The molecule has 136 valence electrons. The van der Waals surface area contributed by atoms with Crippen LogP contribution in [0.5, 0.6) is 5.75 Å². The predicted octanol–water partition coefficient (Wildman–Crippen LogP) is 1.52. The van der Waals surface area contributed by atoms with E-state index in [9.17, 15) is 14.7 Å². The van der Waals surface area contributed by atoms with E-state index in [0.717, 1.165) is 0 Å². The van der Waals surface area contributed by atoms with Crippen molar-refractivity contribution in [1.82, 2.24) is 10.2 Å². The van der Waals surface area contributed by atoms with Gasteiger partial charge in [0.25, 0.3) is 5.91 Å². The van der Waals surface area contributed by atoms with E-state index in [1.54, 1.807) is 37.7 Å². The summed E-state index contributed by atoms with van der Waals surface area (Å²) in [7, 11) is 0. The minimum absolute atomic E-state index is 0.0637.